The predicted molar refractivity (Wildman–Crippen MR) is 52.9 cm³/mol. The Morgan fingerprint density at radius 1 is 1.00 bits per heavy atom. The minimum Gasteiger partial charge on any atom is -0.0958 e. The maximum absolute atomic E-state index is 3.97. The first-order valence-corrected chi connectivity index (χ1v) is 4.30. The van der Waals surface area contributed by atoms with Gasteiger partial charge in [-0.1, -0.05) is 48.6 Å². The van der Waals surface area contributed by atoms with Gasteiger partial charge in [-0.2, -0.15) is 0 Å². The minimum atomic E-state index is 1.09. The molecule has 1 aromatic rings. The van der Waals surface area contributed by atoms with Crippen molar-refractivity contribution in [1.82, 2.24) is 0 Å². The summed E-state index contributed by atoms with van der Waals surface area (Å²) in [4.78, 5) is 0. The Morgan fingerprint density at radius 3 is 2.75 bits per heavy atom. The quantitative estimate of drug-likeness (QED) is 0.541. The van der Waals surface area contributed by atoms with Gasteiger partial charge in [0.15, 0.2) is 0 Å². The summed E-state index contributed by atoms with van der Waals surface area (Å²) in [5, 5.41) is 0. The highest BCUT2D eigenvalue weighted by Crippen LogP contribution is 2.19. The highest BCUT2D eigenvalue weighted by molar-refractivity contribution is 5.58. The van der Waals surface area contributed by atoms with Crippen LogP contribution in [0, 0.1) is 0 Å². The van der Waals surface area contributed by atoms with Crippen LogP contribution in [0.2, 0.25) is 0 Å². The lowest BCUT2D eigenvalue weighted by molar-refractivity contribution is 0.975. The summed E-state index contributed by atoms with van der Waals surface area (Å²) in [6, 6.07) is 8.53. The van der Waals surface area contributed by atoms with Gasteiger partial charge in [0, 0.05) is 0 Å². The smallest absolute Gasteiger partial charge is 0.0224 e. The summed E-state index contributed by atoms with van der Waals surface area (Å²) in [7, 11) is 0. The van der Waals surface area contributed by atoms with Gasteiger partial charge in [0.05, 0.1) is 0 Å². The number of fused-ring (bicyclic) bond motifs is 1. The molecule has 0 unspecified atom stereocenters. The fraction of sp³-hybridized carbons (Fsp3) is 0.167. The van der Waals surface area contributed by atoms with Crippen LogP contribution in [0.15, 0.2) is 42.5 Å². The predicted octanol–water partition coefficient (Wildman–Crippen LogP) is 3.20. The highest BCUT2D eigenvalue weighted by atomic mass is 14.1. The van der Waals surface area contributed by atoms with Crippen LogP contribution < -0.4 is 0 Å². The molecular weight excluding hydrogens is 144 g/mol. The number of hydrogen-bond acceptors (Lipinski definition) is 0. The molecule has 0 fully saturated rings. The Kier molecular flexibility index (Phi) is 1.83. The first-order valence-electron chi connectivity index (χ1n) is 4.30. The van der Waals surface area contributed by atoms with Crippen molar-refractivity contribution < 1.29 is 0 Å². The van der Waals surface area contributed by atoms with E-state index in [0.717, 1.165) is 12.8 Å². The average molecular weight is 156 g/mol. The molecule has 60 valence electrons. The molecule has 2 rings (SSSR count). The van der Waals surface area contributed by atoms with Crippen LogP contribution in [0.1, 0.15) is 17.5 Å². The molecule has 0 amide bonds. The Bertz CT molecular complexity index is 332. The number of benzene rings is 1. The molecule has 0 saturated carbocycles. The van der Waals surface area contributed by atoms with Gasteiger partial charge >= 0.3 is 0 Å². The van der Waals surface area contributed by atoms with Crippen LogP contribution in [0.3, 0.4) is 0 Å². The molecule has 0 radical (unpaired) electrons. The van der Waals surface area contributed by atoms with E-state index in [1.54, 1.807) is 0 Å². The maximum atomic E-state index is 3.97. The molecule has 0 atom stereocenters. The van der Waals surface area contributed by atoms with Crippen molar-refractivity contribution in [3.05, 3.63) is 53.6 Å². The van der Waals surface area contributed by atoms with Crippen LogP contribution in [0.4, 0.5) is 0 Å². The molecule has 12 heavy (non-hydrogen) atoms. The van der Waals surface area contributed by atoms with Crippen molar-refractivity contribution in [2.45, 2.75) is 12.8 Å². The topological polar surface area (TPSA) is 0 Å². The molecular formula is C12H12. The molecule has 1 aliphatic rings. The first-order chi connectivity index (χ1) is 5.86. The van der Waals surface area contributed by atoms with Gasteiger partial charge in [0.2, 0.25) is 0 Å². The molecule has 0 bridgehead atoms. The van der Waals surface area contributed by atoms with Gasteiger partial charge in [-0.15, -0.1) is 0 Å². The van der Waals surface area contributed by atoms with E-state index in [4.69, 9.17) is 0 Å². The van der Waals surface area contributed by atoms with Crippen molar-refractivity contribution in [1.29, 1.82) is 0 Å². The molecule has 1 aliphatic carbocycles. The van der Waals surface area contributed by atoms with Crippen molar-refractivity contribution in [3.8, 4) is 0 Å². The van der Waals surface area contributed by atoms with Gasteiger partial charge in [-0.3, -0.25) is 0 Å². The lowest BCUT2D eigenvalue weighted by Crippen LogP contribution is -1.86. The summed E-state index contributed by atoms with van der Waals surface area (Å²) in [5.74, 6) is 0. The van der Waals surface area contributed by atoms with Crippen LogP contribution in [-0.4, -0.2) is 0 Å². The summed E-state index contributed by atoms with van der Waals surface area (Å²) in [5.41, 5.74) is 4.01. The largest absolute Gasteiger partial charge is 0.0958 e. The van der Waals surface area contributed by atoms with Crippen LogP contribution in [0.5, 0.6) is 0 Å². The van der Waals surface area contributed by atoms with Crippen molar-refractivity contribution in [3.63, 3.8) is 0 Å². The van der Waals surface area contributed by atoms with Crippen LogP contribution >= 0.6 is 0 Å². The summed E-state index contributed by atoms with van der Waals surface area (Å²) in [6.07, 6.45) is 6.49. The van der Waals surface area contributed by atoms with E-state index in [0.29, 0.717) is 0 Å². The molecule has 0 spiro atoms. The molecule has 1 aromatic carbocycles. The van der Waals surface area contributed by atoms with E-state index in [9.17, 15) is 0 Å². The Labute approximate surface area is 73.2 Å². The zero-order chi connectivity index (χ0) is 8.39. The molecule has 0 nitrogen and oxygen atoms in total. The van der Waals surface area contributed by atoms with Crippen LogP contribution in [0.25, 0.3) is 6.08 Å². The van der Waals surface area contributed by atoms with Gasteiger partial charge in [0.1, 0.15) is 0 Å². The van der Waals surface area contributed by atoms with E-state index in [2.05, 4.69) is 43.0 Å². The highest BCUT2D eigenvalue weighted by Gasteiger charge is 2.02. The van der Waals surface area contributed by atoms with Crippen molar-refractivity contribution in [2.24, 2.45) is 0 Å². The average Bonchev–Trinajstić information content (AvgIpc) is 2.29. The second kappa shape index (κ2) is 2.98. The molecule has 0 heterocycles. The fourth-order valence-corrected chi connectivity index (χ4v) is 1.51. The normalized spacial score (nSPS) is 15.5. The summed E-state index contributed by atoms with van der Waals surface area (Å²) in [6.45, 7) is 3.97. The minimum absolute atomic E-state index is 1.09. The van der Waals surface area contributed by atoms with Crippen molar-refractivity contribution in [2.75, 3.05) is 0 Å². The lowest BCUT2D eigenvalue weighted by atomic mass is 10.0. The van der Waals surface area contributed by atoms with Gasteiger partial charge in [-0.25, -0.2) is 0 Å². The van der Waals surface area contributed by atoms with Gasteiger partial charge in [-0.05, 0) is 24.0 Å². The Hall–Kier alpha value is -1.30. The third kappa shape index (κ3) is 1.33. The molecule has 0 aliphatic heterocycles. The zero-order valence-corrected chi connectivity index (χ0v) is 7.09. The lowest BCUT2D eigenvalue weighted by Gasteiger charge is -2.00. The van der Waals surface area contributed by atoms with E-state index >= 15 is 0 Å². The second-order valence-electron chi connectivity index (χ2n) is 3.19. The maximum Gasteiger partial charge on any atom is -0.0224 e. The van der Waals surface area contributed by atoms with Gasteiger partial charge < -0.3 is 0 Å². The standard InChI is InChI=1S/C12H12/c1-10-6-8-11-4-2-3-5-12(11)9-7-10/h2-6,8H,1,7,9H2. The molecule has 0 N–H and O–H groups in total. The molecule has 0 aromatic heterocycles. The monoisotopic (exact) mass is 156 g/mol. The summed E-state index contributed by atoms with van der Waals surface area (Å²) < 4.78 is 0. The van der Waals surface area contributed by atoms with E-state index < -0.39 is 0 Å². The number of allylic oxidation sites excluding steroid dienone is 2. The fourth-order valence-electron chi connectivity index (χ4n) is 1.51. The van der Waals surface area contributed by atoms with E-state index in [-0.39, 0.29) is 0 Å². The Balaban J connectivity index is 2.45. The van der Waals surface area contributed by atoms with E-state index in [1.165, 1.54) is 16.7 Å². The van der Waals surface area contributed by atoms with Crippen LogP contribution in [-0.2, 0) is 6.42 Å². The summed E-state index contributed by atoms with van der Waals surface area (Å²) >= 11 is 0. The van der Waals surface area contributed by atoms with E-state index in [1.807, 2.05) is 0 Å². The number of hydrogen-bond donors (Lipinski definition) is 0. The molecule has 0 heteroatoms. The molecule has 0 saturated heterocycles. The van der Waals surface area contributed by atoms with Gasteiger partial charge in [0.25, 0.3) is 0 Å². The third-order valence-corrected chi connectivity index (χ3v) is 2.27. The third-order valence-electron chi connectivity index (χ3n) is 2.27. The second-order valence-corrected chi connectivity index (χ2v) is 3.19. The van der Waals surface area contributed by atoms with Crippen molar-refractivity contribution >= 4 is 6.08 Å². The number of aryl methyl sites for hydroxylation is 1. The number of rotatable bonds is 0. The zero-order valence-electron chi connectivity index (χ0n) is 7.09. The SMILES string of the molecule is C=C1C=Cc2ccccc2CC1. The first kappa shape index (κ1) is 7.35. The Morgan fingerprint density at radius 2 is 1.83 bits per heavy atom.